The molecule has 1 unspecified atom stereocenters. The Kier molecular flexibility index (Phi) is 3.17. The predicted molar refractivity (Wildman–Crippen MR) is 95.7 cm³/mol. The number of hydrogen-bond donors (Lipinski definition) is 2. The second kappa shape index (κ2) is 5.21. The van der Waals surface area contributed by atoms with Crippen LogP contribution in [0.25, 0.3) is 28.2 Å². The number of nitrogens with zero attached hydrogens (tertiary/aromatic N) is 1. The highest BCUT2D eigenvalue weighted by Crippen LogP contribution is 2.33. The van der Waals surface area contributed by atoms with Gasteiger partial charge in [0.15, 0.2) is 0 Å². The number of pyridine rings is 1. The van der Waals surface area contributed by atoms with Crippen LogP contribution in [0.2, 0.25) is 0 Å². The molecular weight excluding hydrogens is 282 g/mol. The van der Waals surface area contributed by atoms with Crippen LogP contribution in [0.1, 0.15) is 11.1 Å². The van der Waals surface area contributed by atoms with Gasteiger partial charge < -0.3 is 11.5 Å². The molecule has 0 saturated heterocycles. The Bertz CT molecular complexity index is 927. The molecule has 3 aromatic rings. The monoisotopic (exact) mass is 302 g/mol. The van der Waals surface area contributed by atoms with E-state index in [1.54, 1.807) is 0 Å². The van der Waals surface area contributed by atoms with Crippen LogP contribution in [0.4, 0.5) is 5.69 Å². The number of benzene rings is 2. The van der Waals surface area contributed by atoms with Gasteiger partial charge in [-0.2, -0.15) is 4.57 Å². The molecule has 3 heteroatoms. The van der Waals surface area contributed by atoms with Crippen molar-refractivity contribution in [1.29, 1.82) is 0 Å². The van der Waals surface area contributed by atoms with Crippen LogP contribution in [0.15, 0.2) is 54.6 Å². The maximum Gasteiger partial charge on any atom is 0.216 e. The van der Waals surface area contributed by atoms with Crippen molar-refractivity contribution in [2.75, 3.05) is 5.73 Å². The van der Waals surface area contributed by atoms with Crippen molar-refractivity contribution in [2.24, 2.45) is 12.8 Å². The Morgan fingerprint density at radius 2 is 1.87 bits per heavy atom. The first-order valence-corrected chi connectivity index (χ1v) is 7.88. The molecular formula is C20H20N3+. The number of aromatic nitrogens is 1. The summed E-state index contributed by atoms with van der Waals surface area (Å²) in [5.74, 6) is 0. The third-order valence-electron chi connectivity index (χ3n) is 4.62. The zero-order valence-electron chi connectivity index (χ0n) is 13.2. The van der Waals surface area contributed by atoms with Gasteiger partial charge in [0.25, 0.3) is 0 Å². The van der Waals surface area contributed by atoms with E-state index in [9.17, 15) is 0 Å². The average molecular weight is 302 g/mol. The van der Waals surface area contributed by atoms with Gasteiger partial charge in [-0.05, 0) is 36.2 Å². The van der Waals surface area contributed by atoms with Crippen molar-refractivity contribution in [3.63, 3.8) is 0 Å². The second-order valence-corrected chi connectivity index (χ2v) is 6.17. The van der Waals surface area contributed by atoms with Crippen molar-refractivity contribution in [3.8, 4) is 11.3 Å². The van der Waals surface area contributed by atoms with Crippen molar-refractivity contribution in [1.82, 2.24) is 0 Å². The summed E-state index contributed by atoms with van der Waals surface area (Å²) in [6.07, 6.45) is 5.10. The number of rotatable bonds is 1. The normalized spacial score (nSPS) is 16.5. The second-order valence-electron chi connectivity index (χ2n) is 6.17. The van der Waals surface area contributed by atoms with Crippen LogP contribution >= 0.6 is 0 Å². The molecule has 4 rings (SSSR count). The van der Waals surface area contributed by atoms with Crippen LogP contribution in [-0.4, -0.2) is 6.04 Å². The van der Waals surface area contributed by atoms with Gasteiger partial charge in [-0.3, -0.25) is 0 Å². The largest absolute Gasteiger partial charge is 0.399 e. The minimum absolute atomic E-state index is 0.0659. The van der Waals surface area contributed by atoms with Crippen LogP contribution in [0.3, 0.4) is 0 Å². The molecule has 4 N–H and O–H groups in total. The van der Waals surface area contributed by atoms with E-state index in [-0.39, 0.29) is 6.04 Å². The summed E-state index contributed by atoms with van der Waals surface area (Å²) in [6, 6.07) is 16.7. The van der Waals surface area contributed by atoms with Gasteiger partial charge >= 0.3 is 0 Å². The minimum Gasteiger partial charge on any atom is -0.399 e. The van der Waals surface area contributed by atoms with Crippen molar-refractivity contribution in [3.05, 3.63) is 65.7 Å². The van der Waals surface area contributed by atoms with E-state index in [2.05, 4.69) is 54.1 Å². The molecule has 0 aliphatic heterocycles. The van der Waals surface area contributed by atoms with E-state index >= 15 is 0 Å². The first kappa shape index (κ1) is 14.0. The number of nitrogens with two attached hydrogens (primary N) is 2. The number of nitrogen functional groups attached to an aromatic ring is 1. The van der Waals surface area contributed by atoms with Crippen LogP contribution < -0.4 is 16.0 Å². The van der Waals surface area contributed by atoms with Gasteiger partial charge in [-0.25, -0.2) is 0 Å². The predicted octanol–water partition coefficient (Wildman–Crippen LogP) is 2.81. The molecule has 1 heterocycles. The lowest BCUT2D eigenvalue weighted by molar-refractivity contribution is -0.633. The van der Waals surface area contributed by atoms with Crippen molar-refractivity contribution >= 4 is 22.7 Å². The molecule has 0 fully saturated rings. The Morgan fingerprint density at radius 1 is 1.09 bits per heavy atom. The molecule has 1 aromatic heterocycles. The van der Waals surface area contributed by atoms with Crippen molar-refractivity contribution in [2.45, 2.75) is 12.5 Å². The van der Waals surface area contributed by atoms with E-state index in [4.69, 9.17) is 11.5 Å². The fourth-order valence-electron chi connectivity index (χ4n) is 3.55. The third kappa shape index (κ3) is 2.21. The standard InChI is InChI=1S/C20H19N3/c1-23-19-12-15(22)8-10-17(19)16-9-7-14(21)11-18(16)20(23)13-5-3-2-4-6-13/h2-10,12,14,22H,11,21H2,1H3/p+1. The molecule has 1 atom stereocenters. The maximum atomic E-state index is 6.20. The summed E-state index contributed by atoms with van der Waals surface area (Å²) in [7, 11) is 2.11. The highest BCUT2D eigenvalue weighted by atomic mass is 14.9. The molecule has 2 aromatic carbocycles. The Labute approximate surface area is 135 Å². The molecule has 3 nitrogen and oxygen atoms in total. The number of hydrogen-bond acceptors (Lipinski definition) is 2. The van der Waals surface area contributed by atoms with Crippen LogP contribution in [0.5, 0.6) is 0 Å². The van der Waals surface area contributed by atoms with Gasteiger partial charge in [0.1, 0.15) is 7.05 Å². The highest BCUT2D eigenvalue weighted by molar-refractivity contribution is 5.92. The Morgan fingerprint density at radius 3 is 2.65 bits per heavy atom. The first-order valence-electron chi connectivity index (χ1n) is 7.88. The third-order valence-corrected chi connectivity index (χ3v) is 4.62. The van der Waals surface area contributed by atoms with E-state index in [0.717, 1.165) is 17.6 Å². The molecule has 0 amide bonds. The number of aryl methyl sites for hydroxylation is 1. The molecule has 1 aliphatic rings. The summed E-state index contributed by atoms with van der Waals surface area (Å²) in [4.78, 5) is 0. The summed E-state index contributed by atoms with van der Waals surface area (Å²) in [5, 5.41) is 1.22. The van der Waals surface area contributed by atoms with Gasteiger partial charge in [0.05, 0.1) is 5.39 Å². The molecule has 23 heavy (non-hydrogen) atoms. The first-order chi connectivity index (χ1) is 11.1. The van der Waals surface area contributed by atoms with E-state index in [1.165, 1.54) is 27.8 Å². The molecule has 0 spiro atoms. The number of fused-ring (bicyclic) bond motifs is 3. The topological polar surface area (TPSA) is 55.9 Å². The smallest absolute Gasteiger partial charge is 0.216 e. The molecule has 0 bridgehead atoms. The quantitative estimate of drug-likeness (QED) is 0.536. The highest BCUT2D eigenvalue weighted by Gasteiger charge is 2.26. The summed E-state index contributed by atoms with van der Waals surface area (Å²) < 4.78 is 2.24. The van der Waals surface area contributed by atoms with Gasteiger partial charge in [-0.15, -0.1) is 0 Å². The van der Waals surface area contributed by atoms with Crippen LogP contribution in [0, 0.1) is 0 Å². The molecule has 0 saturated carbocycles. The molecule has 114 valence electrons. The fourth-order valence-corrected chi connectivity index (χ4v) is 3.55. The summed E-state index contributed by atoms with van der Waals surface area (Å²) in [6.45, 7) is 0. The van der Waals surface area contributed by atoms with Gasteiger partial charge in [0.2, 0.25) is 11.2 Å². The lowest BCUT2D eigenvalue weighted by atomic mass is 9.88. The fraction of sp³-hybridized carbons (Fsp3) is 0.150. The summed E-state index contributed by atoms with van der Waals surface area (Å²) >= 11 is 0. The lowest BCUT2D eigenvalue weighted by Crippen LogP contribution is -2.36. The summed E-state index contributed by atoms with van der Waals surface area (Å²) in [5.41, 5.74) is 19.2. The molecule has 1 aliphatic carbocycles. The molecule has 0 radical (unpaired) electrons. The zero-order valence-corrected chi connectivity index (χ0v) is 13.2. The van der Waals surface area contributed by atoms with E-state index in [0.29, 0.717) is 0 Å². The van der Waals surface area contributed by atoms with Crippen molar-refractivity contribution < 1.29 is 4.57 Å². The average Bonchev–Trinajstić information content (AvgIpc) is 2.56. The lowest BCUT2D eigenvalue weighted by Gasteiger charge is -2.20. The van der Waals surface area contributed by atoms with Crippen LogP contribution in [-0.2, 0) is 13.5 Å². The minimum atomic E-state index is 0.0659. The van der Waals surface area contributed by atoms with Gasteiger partial charge in [-0.1, -0.05) is 30.4 Å². The van der Waals surface area contributed by atoms with E-state index < -0.39 is 0 Å². The SMILES string of the molecule is C[n+]1c(-c2ccccc2)c2c(c3ccc(N)cc31)C=CC(N)C2. The Hall–Kier alpha value is -2.65. The number of anilines is 1. The zero-order chi connectivity index (χ0) is 16.0. The maximum absolute atomic E-state index is 6.20. The Balaban J connectivity index is 2.15. The van der Waals surface area contributed by atoms with Gasteiger partial charge in [0, 0.05) is 28.9 Å². The van der Waals surface area contributed by atoms with E-state index in [1.807, 2.05) is 18.2 Å².